The minimum absolute atomic E-state index is 0.0399. The lowest BCUT2D eigenvalue weighted by Crippen LogP contribution is -2.43. The molecule has 3 nitrogen and oxygen atoms in total. The molecule has 0 aliphatic heterocycles. The number of aliphatic hydroxyl groups is 1. The van der Waals surface area contributed by atoms with Gasteiger partial charge in [-0.1, -0.05) is 18.2 Å². The van der Waals surface area contributed by atoms with Crippen LogP contribution >= 0.6 is 0 Å². The van der Waals surface area contributed by atoms with E-state index in [1.54, 1.807) is 12.1 Å². The Labute approximate surface area is 133 Å². The van der Waals surface area contributed by atoms with Crippen molar-refractivity contribution in [1.29, 1.82) is 0 Å². The van der Waals surface area contributed by atoms with Crippen LogP contribution in [0, 0.1) is 11.6 Å². The maximum Gasteiger partial charge on any atom is 0.251 e. The molecule has 1 fully saturated rings. The van der Waals surface area contributed by atoms with Crippen molar-refractivity contribution in [2.24, 2.45) is 0 Å². The molecule has 5 heteroatoms. The van der Waals surface area contributed by atoms with Gasteiger partial charge in [0, 0.05) is 17.2 Å². The summed E-state index contributed by atoms with van der Waals surface area (Å²) in [5.41, 5.74) is 1.47. The van der Waals surface area contributed by atoms with Crippen molar-refractivity contribution in [2.45, 2.75) is 31.4 Å². The van der Waals surface area contributed by atoms with Gasteiger partial charge in [0.05, 0.1) is 6.61 Å². The van der Waals surface area contributed by atoms with Gasteiger partial charge in [0.25, 0.3) is 5.91 Å². The molecule has 2 aromatic carbocycles. The minimum atomic E-state index is -0.585. The van der Waals surface area contributed by atoms with Crippen LogP contribution in [-0.2, 0) is 6.61 Å². The summed E-state index contributed by atoms with van der Waals surface area (Å²) in [4.78, 5) is 12.1. The summed E-state index contributed by atoms with van der Waals surface area (Å²) in [7, 11) is 0. The number of amides is 1. The Kier molecular flexibility index (Phi) is 4.39. The molecule has 0 saturated heterocycles. The van der Waals surface area contributed by atoms with Crippen LogP contribution in [0.2, 0.25) is 0 Å². The van der Waals surface area contributed by atoms with Crippen molar-refractivity contribution in [3.8, 4) is 0 Å². The molecule has 1 aliphatic rings. The molecule has 3 rings (SSSR count). The van der Waals surface area contributed by atoms with Crippen LogP contribution in [0.1, 0.15) is 40.2 Å². The zero-order valence-corrected chi connectivity index (χ0v) is 12.4. The van der Waals surface area contributed by atoms with Gasteiger partial charge in [-0.3, -0.25) is 4.79 Å². The van der Waals surface area contributed by atoms with Crippen molar-refractivity contribution in [2.75, 3.05) is 0 Å². The van der Waals surface area contributed by atoms with Crippen LogP contribution < -0.4 is 5.32 Å². The largest absolute Gasteiger partial charge is 0.392 e. The molecule has 1 aliphatic carbocycles. The lowest BCUT2D eigenvalue weighted by atomic mass is 9.76. The maximum atomic E-state index is 13.6. The van der Waals surface area contributed by atoms with Crippen LogP contribution in [0.4, 0.5) is 8.78 Å². The number of benzene rings is 2. The van der Waals surface area contributed by atoms with E-state index in [1.807, 2.05) is 0 Å². The molecule has 0 bridgehead atoms. The number of carbonyl (C=O) groups excluding carboxylic acids is 1. The summed E-state index contributed by atoms with van der Waals surface area (Å²) >= 11 is 0. The predicted octanol–water partition coefficient (Wildman–Crippen LogP) is 3.13. The Bertz CT molecular complexity index is 709. The molecule has 120 valence electrons. The molecule has 2 aromatic rings. The average Bonchev–Trinajstić information content (AvgIpc) is 2.51. The Hall–Kier alpha value is -2.27. The smallest absolute Gasteiger partial charge is 0.251 e. The number of rotatable bonds is 4. The third kappa shape index (κ3) is 3.40. The first-order valence-electron chi connectivity index (χ1n) is 7.52. The van der Waals surface area contributed by atoms with Crippen LogP contribution in [-0.4, -0.2) is 17.1 Å². The van der Waals surface area contributed by atoms with E-state index < -0.39 is 12.4 Å². The third-order valence-corrected chi connectivity index (χ3v) is 4.30. The van der Waals surface area contributed by atoms with E-state index in [0.717, 1.165) is 24.5 Å². The normalized spacial score (nSPS) is 20.0. The quantitative estimate of drug-likeness (QED) is 0.910. The Morgan fingerprint density at radius 1 is 1.13 bits per heavy atom. The molecule has 0 heterocycles. The van der Waals surface area contributed by atoms with Gasteiger partial charge in [-0.2, -0.15) is 0 Å². The van der Waals surface area contributed by atoms with Gasteiger partial charge in [-0.25, -0.2) is 8.78 Å². The van der Waals surface area contributed by atoms with Crippen LogP contribution in [0.25, 0.3) is 0 Å². The Morgan fingerprint density at radius 3 is 2.43 bits per heavy atom. The fraction of sp³-hybridized carbons (Fsp3) is 0.278. The molecular weight excluding hydrogens is 300 g/mol. The van der Waals surface area contributed by atoms with E-state index in [9.17, 15) is 13.6 Å². The third-order valence-electron chi connectivity index (χ3n) is 4.30. The first-order valence-corrected chi connectivity index (χ1v) is 7.52. The Balaban J connectivity index is 1.56. The highest BCUT2D eigenvalue weighted by atomic mass is 19.1. The summed E-state index contributed by atoms with van der Waals surface area (Å²) in [5, 5.41) is 11.8. The molecule has 0 aromatic heterocycles. The molecule has 0 unspecified atom stereocenters. The second kappa shape index (κ2) is 6.46. The fourth-order valence-electron chi connectivity index (χ4n) is 2.83. The molecular formula is C18H17F2NO2. The highest BCUT2D eigenvalue weighted by Crippen LogP contribution is 2.37. The lowest BCUT2D eigenvalue weighted by Gasteiger charge is -2.36. The van der Waals surface area contributed by atoms with Crippen molar-refractivity contribution >= 4 is 5.91 Å². The van der Waals surface area contributed by atoms with Gasteiger partial charge in [-0.15, -0.1) is 0 Å². The minimum Gasteiger partial charge on any atom is -0.392 e. The van der Waals surface area contributed by atoms with Crippen LogP contribution in [0.3, 0.4) is 0 Å². The predicted molar refractivity (Wildman–Crippen MR) is 82.0 cm³/mol. The monoisotopic (exact) mass is 317 g/mol. The van der Waals surface area contributed by atoms with Crippen molar-refractivity contribution in [3.05, 3.63) is 70.8 Å². The molecule has 0 atom stereocenters. The average molecular weight is 317 g/mol. The van der Waals surface area contributed by atoms with Gasteiger partial charge in [-0.05, 0) is 48.6 Å². The fourth-order valence-corrected chi connectivity index (χ4v) is 2.83. The van der Waals surface area contributed by atoms with E-state index in [2.05, 4.69) is 5.32 Å². The van der Waals surface area contributed by atoms with Crippen molar-refractivity contribution < 1.29 is 18.7 Å². The van der Waals surface area contributed by atoms with E-state index in [-0.39, 0.29) is 28.9 Å². The van der Waals surface area contributed by atoms with Gasteiger partial charge in [0.2, 0.25) is 0 Å². The number of aliphatic hydroxyl groups excluding tert-OH is 1. The molecule has 1 saturated carbocycles. The molecule has 0 spiro atoms. The summed E-state index contributed by atoms with van der Waals surface area (Å²) in [6, 6.07) is 10.5. The summed E-state index contributed by atoms with van der Waals surface area (Å²) in [6.07, 6.45) is 1.57. The van der Waals surface area contributed by atoms with E-state index in [4.69, 9.17) is 5.11 Å². The Morgan fingerprint density at radius 2 is 1.83 bits per heavy atom. The zero-order chi connectivity index (χ0) is 16.4. The standard InChI is InChI=1S/C18H17F2NO2/c19-15-5-3-11(4-6-15)14-7-16(8-14)21-18(23)12-1-2-13(10-22)17(20)9-12/h1-6,9,14,16,22H,7-8,10H2,(H,21,23). The molecule has 23 heavy (non-hydrogen) atoms. The topological polar surface area (TPSA) is 49.3 Å². The second-order valence-corrected chi connectivity index (χ2v) is 5.85. The SMILES string of the molecule is O=C(NC1CC(c2ccc(F)cc2)C1)c1ccc(CO)c(F)c1. The van der Waals surface area contributed by atoms with Crippen LogP contribution in [0.15, 0.2) is 42.5 Å². The maximum absolute atomic E-state index is 13.6. The number of nitrogens with one attached hydrogen (secondary N) is 1. The zero-order valence-electron chi connectivity index (χ0n) is 12.4. The summed E-state index contributed by atoms with van der Waals surface area (Å²) in [5.74, 6) is -0.852. The van der Waals surface area contributed by atoms with Crippen molar-refractivity contribution in [3.63, 3.8) is 0 Å². The molecule has 0 radical (unpaired) electrons. The van der Waals surface area contributed by atoms with Gasteiger partial charge < -0.3 is 10.4 Å². The summed E-state index contributed by atoms with van der Waals surface area (Å²) < 4.78 is 26.5. The highest BCUT2D eigenvalue weighted by Gasteiger charge is 2.31. The van der Waals surface area contributed by atoms with Crippen molar-refractivity contribution in [1.82, 2.24) is 5.32 Å². The van der Waals surface area contributed by atoms with Crippen LogP contribution in [0.5, 0.6) is 0 Å². The van der Waals surface area contributed by atoms with E-state index in [0.29, 0.717) is 5.92 Å². The first kappa shape index (κ1) is 15.6. The highest BCUT2D eigenvalue weighted by molar-refractivity contribution is 5.94. The number of hydrogen-bond acceptors (Lipinski definition) is 2. The van der Waals surface area contributed by atoms with Gasteiger partial charge in [0.1, 0.15) is 11.6 Å². The number of halogens is 2. The first-order chi connectivity index (χ1) is 11.1. The van der Waals surface area contributed by atoms with Gasteiger partial charge in [0.15, 0.2) is 0 Å². The van der Waals surface area contributed by atoms with Gasteiger partial charge >= 0.3 is 0 Å². The summed E-state index contributed by atoms with van der Waals surface area (Å²) in [6.45, 7) is -0.393. The molecule has 1 amide bonds. The number of carbonyl (C=O) groups is 1. The van der Waals surface area contributed by atoms with E-state index >= 15 is 0 Å². The second-order valence-electron chi connectivity index (χ2n) is 5.85. The number of hydrogen-bond donors (Lipinski definition) is 2. The van der Waals surface area contributed by atoms with E-state index in [1.165, 1.54) is 24.3 Å². The lowest BCUT2D eigenvalue weighted by molar-refractivity contribution is 0.0908. The molecule has 2 N–H and O–H groups in total.